The first-order chi connectivity index (χ1) is 12.5. The highest BCUT2D eigenvalue weighted by atomic mass is 19.1. The molecule has 1 aliphatic heterocycles. The number of anilines is 1. The normalized spacial score (nSPS) is 17.9. The molecule has 136 valence electrons. The second-order valence-corrected chi connectivity index (χ2v) is 6.99. The van der Waals surface area contributed by atoms with Crippen LogP contribution in [0, 0.1) is 25.5 Å². The summed E-state index contributed by atoms with van der Waals surface area (Å²) < 4.78 is 30.7. The summed E-state index contributed by atoms with van der Waals surface area (Å²) in [6.07, 6.45) is 4.69. The minimum Gasteiger partial charge on any atom is -0.353 e. The van der Waals surface area contributed by atoms with Gasteiger partial charge in [-0.3, -0.25) is 0 Å². The second kappa shape index (κ2) is 6.30. The Bertz CT molecular complexity index is 982. The Morgan fingerprint density at radius 1 is 1.12 bits per heavy atom. The molecule has 0 saturated carbocycles. The van der Waals surface area contributed by atoms with Crippen molar-refractivity contribution in [3.8, 4) is 11.1 Å². The van der Waals surface area contributed by atoms with Gasteiger partial charge < -0.3 is 4.90 Å². The van der Waals surface area contributed by atoms with Crippen LogP contribution < -0.4 is 4.90 Å². The summed E-state index contributed by atoms with van der Waals surface area (Å²) in [6.45, 7) is 6.34. The van der Waals surface area contributed by atoms with Crippen molar-refractivity contribution in [3.05, 3.63) is 41.4 Å². The van der Waals surface area contributed by atoms with Crippen LogP contribution in [0.1, 0.15) is 37.4 Å². The Kier molecular flexibility index (Phi) is 4.09. The molecule has 1 saturated heterocycles. The zero-order valence-corrected chi connectivity index (χ0v) is 15.1. The number of piperidine rings is 1. The summed E-state index contributed by atoms with van der Waals surface area (Å²) in [5, 5.41) is 4.31. The van der Waals surface area contributed by atoms with Crippen molar-refractivity contribution in [2.24, 2.45) is 0 Å². The minimum atomic E-state index is -0.459. The Labute approximate surface area is 150 Å². The molecule has 1 aromatic carbocycles. The van der Waals surface area contributed by atoms with Gasteiger partial charge in [0.05, 0.1) is 5.69 Å². The highest BCUT2D eigenvalue weighted by Crippen LogP contribution is 2.38. The molecule has 1 atom stereocenters. The van der Waals surface area contributed by atoms with E-state index in [2.05, 4.69) is 26.9 Å². The molecule has 0 amide bonds. The molecular weight excluding hydrogens is 336 g/mol. The number of benzene rings is 1. The average Bonchev–Trinajstić information content (AvgIpc) is 3.06. The van der Waals surface area contributed by atoms with Crippen molar-refractivity contribution in [2.75, 3.05) is 11.4 Å². The molecule has 0 bridgehead atoms. The summed E-state index contributed by atoms with van der Waals surface area (Å²) in [4.78, 5) is 10.9. The molecule has 26 heavy (non-hydrogen) atoms. The first-order valence-corrected chi connectivity index (χ1v) is 8.90. The van der Waals surface area contributed by atoms with Crippen molar-refractivity contribution >= 4 is 11.6 Å². The van der Waals surface area contributed by atoms with Crippen molar-refractivity contribution < 1.29 is 8.78 Å². The van der Waals surface area contributed by atoms with Gasteiger partial charge in [-0.1, -0.05) is 0 Å². The Morgan fingerprint density at radius 3 is 2.69 bits per heavy atom. The number of fused-ring (bicyclic) bond motifs is 1. The number of hydrogen-bond donors (Lipinski definition) is 0. The van der Waals surface area contributed by atoms with Gasteiger partial charge in [0.2, 0.25) is 0 Å². The topological polar surface area (TPSA) is 46.3 Å². The first kappa shape index (κ1) is 16.9. The maximum atomic E-state index is 14.8. The van der Waals surface area contributed by atoms with Gasteiger partial charge in [-0.25, -0.2) is 13.8 Å². The van der Waals surface area contributed by atoms with Crippen molar-refractivity contribution in [1.29, 1.82) is 0 Å². The summed E-state index contributed by atoms with van der Waals surface area (Å²) >= 11 is 0. The van der Waals surface area contributed by atoms with Gasteiger partial charge in [0.15, 0.2) is 0 Å². The number of aryl methyl sites for hydroxylation is 2. The van der Waals surface area contributed by atoms with E-state index in [9.17, 15) is 8.78 Å². The molecule has 1 unspecified atom stereocenters. The SMILES string of the molecule is Cc1cc(F)c(-c2c(C)nc3ncnn3c2N2CCCCC2C)cc1F. The van der Waals surface area contributed by atoms with E-state index in [-0.39, 0.29) is 17.2 Å². The maximum Gasteiger partial charge on any atom is 0.254 e. The van der Waals surface area contributed by atoms with Gasteiger partial charge >= 0.3 is 0 Å². The number of aromatic nitrogens is 4. The Morgan fingerprint density at radius 2 is 1.92 bits per heavy atom. The fourth-order valence-corrected chi connectivity index (χ4v) is 3.77. The second-order valence-electron chi connectivity index (χ2n) is 6.99. The van der Waals surface area contributed by atoms with E-state index in [1.54, 1.807) is 18.4 Å². The number of nitrogens with zero attached hydrogens (tertiary/aromatic N) is 5. The van der Waals surface area contributed by atoms with Crippen LogP contribution in [-0.2, 0) is 0 Å². The van der Waals surface area contributed by atoms with Crippen LogP contribution in [0.25, 0.3) is 16.9 Å². The van der Waals surface area contributed by atoms with Crippen LogP contribution in [0.15, 0.2) is 18.5 Å². The third-order valence-corrected chi connectivity index (χ3v) is 5.18. The van der Waals surface area contributed by atoms with Gasteiger partial charge in [0.25, 0.3) is 5.78 Å². The standard InChI is InChI=1S/C19H21F2N5/c1-11-8-16(21)14(9-15(11)20)17-13(3)24-19-22-10-23-26(19)18(17)25-7-5-4-6-12(25)2/h8-10,12H,4-7H2,1-3H3. The zero-order chi connectivity index (χ0) is 18.4. The monoisotopic (exact) mass is 357 g/mol. The number of halogens is 2. The fourth-order valence-electron chi connectivity index (χ4n) is 3.77. The predicted octanol–water partition coefficient (Wildman–Crippen LogP) is 4.07. The van der Waals surface area contributed by atoms with E-state index in [1.807, 2.05) is 0 Å². The molecule has 3 aromatic rings. The summed E-state index contributed by atoms with van der Waals surface area (Å²) in [5.41, 5.74) is 1.68. The Hall–Kier alpha value is -2.57. The van der Waals surface area contributed by atoms with Crippen LogP contribution >= 0.6 is 0 Å². The van der Waals surface area contributed by atoms with Crippen molar-refractivity contribution in [2.45, 2.75) is 46.1 Å². The molecule has 0 radical (unpaired) electrons. The summed E-state index contributed by atoms with van der Waals surface area (Å²) in [5.74, 6) is 0.308. The number of hydrogen-bond acceptors (Lipinski definition) is 4. The van der Waals surface area contributed by atoms with Crippen LogP contribution in [0.5, 0.6) is 0 Å². The van der Waals surface area contributed by atoms with Crippen LogP contribution in [0.4, 0.5) is 14.6 Å². The van der Waals surface area contributed by atoms with Gasteiger partial charge in [0, 0.05) is 23.7 Å². The van der Waals surface area contributed by atoms with Gasteiger partial charge in [-0.2, -0.15) is 14.6 Å². The third-order valence-electron chi connectivity index (χ3n) is 5.18. The highest BCUT2D eigenvalue weighted by molar-refractivity contribution is 5.80. The van der Waals surface area contributed by atoms with Crippen LogP contribution in [0.3, 0.4) is 0 Å². The van der Waals surface area contributed by atoms with Gasteiger partial charge in [-0.05, 0) is 57.7 Å². The molecule has 0 N–H and O–H groups in total. The van der Waals surface area contributed by atoms with Gasteiger partial charge in [-0.15, -0.1) is 0 Å². The molecule has 1 fully saturated rings. The van der Waals surface area contributed by atoms with Crippen molar-refractivity contribution in [1.82, 2.24) is 19.6 Å². The summed E-state index contributed by atoms with van der Waals surface area (Å²) in [6, 6.07) is 2.77. The van der Waals surface area contributed by atoms with E-state index in [1.165, 1.54) is 18.5 Å². The molecule has 0 aliphatic carbocycles. The van der Waals surface area contributed by atoms with E-state index >= 15 is 0 Å². The average molecular weight is 357 g/mol. The highest BCUT2D eigenvalue weighted by Gasteiger charge is 2.28. The number of rotatable bonds is 2. The largest absolute Gasteiger partial charge is 0.353 e. The lowest BCUT2D eigenvalue weighted by molar-refractivity contribution is 0.478. The van der Waals surface area contributed by atoms with Crippen molar-refractivity contribution in [3.63, 3.8) is 0 Å². The van der Waals surface area contributed by atoms with Crippen LogP contribution in [0.2, 0.25) is 0 Å². The minimum absolute atomic E-state index is 0.211. The molecule has 2 aromatic heterocycles. The van der Waals surface area contributed by atoms with E-state index < -0.39 is 11.6 Å². The third kappa shape index (κ3) is 2.62. The molecule has 4 rings (SSSR count). The van der Waals surface area contributed by atoms with Gasteiger partial charge in [0.1, 0.15) is 23.8 Å². The summed E-state index contributed by atoms with van der Waals surface area (Å²) in [7, 11) is 0. The lowest BCUT2D eigenvalue weighted by atomic mass is 9.98. The van der Waals surface area contributed by atoms with E-state index in [0.29, 0.717) is 17.0 Å². The molecule has 3 heterocycles. The smallest absolute Gasteiger partial charge is 0.254 e. The zero-order valence-electron chi connectivity index (χ0n) is 15.1. The molecule has 5 nitrogen and oxygen atoms in total. The molecule has 7 heteroatoms. The molecule has 1 aliphatic rings. The maximum absolute atomic E-state index is 14.8. The van der Waals surface area contributed by atoms with Crippen LogP contribution in [-0.4, -0.2) is 32.2 Å². The van der Waals surface area contributed by atoms with E-state index in [0.717, 1.165) is 31.6 Å². The quantitative estimate of drug-likeness (QED) is 0.694. The predicted molar refractivity (Wildman–Crippen MR) is 96.3 cm³/mol. The lowest BCUT2D eigenvalue weighted by Gasteiger charge is -2.36. The van der Waals surface area contributed by atoms with E-state index in [4.69, 9.17) is 0 Å². The molecular formula is C19H21F2N5. The molecule has 0 spiro atoms. The first-order valence-electron chi connectivity index (χ1n) is 8.90. The fraction of sp³-hybridized carbons (Fsp3) is 0.421. The lowest BCUT2D eigenvalue weighted by Crippen LogP contribution is -2.39. The Balaban J connectivity index is 2.04.